The zero-order chi connectivity index (χ0) is 89.7. The van der Waals surface area contributed by atoms with Gasteiger partial charge in [0.1, 0.15) is 34.5 Å². The molecule has 0 aromatic heterocycles. The molecular weight excluding hydrogens is 1720 g/mol. The second-order valence-electron chi connectivity index (χ2n) is 33.5. The Balaban J connectivity index is 0.000000202. The molecule has 0 aliphatic heterocycles. The lowest BCUT2D eigenvalue weighted by atomic mass is 9.85. The number of benzene rings is 12. The van der Waals surface area contributed by atoms with E-state index in [1.807, 2.05) is 69.3 Å². The molecule has 0 saturated heterocycles. The van der Waals surface area contributed by atoms with E-state index in [-0.39, 0.29) is 10.8 Å². The SMILES string of the molecule is CPCc1cccc(C)c1Pc1cc(C(C)(C)C)cc(C)c1O.CPCc1cccc(C)c1Pc1cc(C)cc(C(C)(C)C)c1O.CPCc1cccc(C)c1Pc1cc(C)cc(C)c1O.CPCc1cccc(C)c1Pc1cc(C)ccc1O.CPCc1cccc(C)c1Pc1cccc(C)c1O.CPCc1cccc(C)c1Pc1ccccc1O. The molecule has 12 rings (SSSR count). The first-order chi connectivity index (χ1) is 58.0. The Kier molecular flexibility index (Phi) is 43.3. The van der Waals surface area contributed by atoms with Crippen molar-refractivity contribution in [3.8, 4) is 34.5 Å². The van der Waals surface area contributed by atoms with Gasteiger partial charge in [-0.2, -0.15) is 0 Å². The van der Waals surface area contributed by atoms with Gasteiger partial charge in [-0.05, 0) is 339 Å². The molecule has 0 spiro atoms. The first-order valence-electron chi connectivity index (χ1n) is 41.8. The third kappa shape index (κ3) is 30.9. The number of phenols is 6. The molecule has 6 N–H and O–H groups in total. The fourth-order valence-corrected chi connectivity index (χ4v) is 27.7. The molecule has 0 saturated carbocycles. The molecule has 0 heterocycles. The van der Waals surface area contributed by atoms with Crippen molar-refractivity contribution in [3.63, 3.8) is 0 Å². The molecule has 12 aromatic carbocycles. The molecule has 12 aromatic rings. The van der Waals surface area contributed by atoms with Crippen LogP contribution in [0.3, 0.4) is 0 Å². The summed E-state index contributed by atoms with van der Waals surface area (Å²) in [6, 6.07) is 71.5. The largest absolute Gasteiger partial charge is 0.507 e. The lowest BCUT2D eigenvalue weighted by Crippen LogP contribution is -2.17. The Bertz CT molecular complexity index is 5320. The zero-order valence-electron chi connectivity index (χ0n) is 76.6. The van der Waals surface area contributed by atoms with Crippen molar-refractivity contribution in [3.05, 3.63) is 318 Å². The van der Waals surface area contributed by atoms with Crippen molar-refractivity contribution in [2.75, 3.05) is 40.0 Å². The number of aryl methyl sites for hydroxylation is 12. The second kappa shape index (κ2) is 51.0. The summed E-state index contributed by atoms with van der Waals surface area (Å²) in [5, 5.41) is 76.6. The summed E-state index contributed by atoms with van der Waals surface area (Å²) >= 11 is 0. The Morgan fingerprint density at radius 2 is 0.500 bits per heavy atom. The van der Waals surface area contributed by atoms with Gasteiger partial charge in [0.25, 0.3) is 0 Å². The molecule has 0 bridgehead atoms. The van der Waals surface area contributed by atoms with E-state index in [1.165, 1.54) is 121 Å². The Morgan fingerprint density at radius 1 is 0.221 bits per heavy atom. The fraction of sp³-hybridized carbons (Fsp3) is 0.308. The summed E-state index contributed by atoms with van der Waals surface area (Å²) in [7, 11) is 8.68. The van der Waals surface area contributed by atoms with Crippen molar-refractivity contribution in [2.45, 2.75) is 172 Å². The van der Waals surface area contributed by atoms with Crippen LogP contribution in [0.4, 0.5) is 0 Å². The van der Waals surface area contributed by atoms with Crippen LogP contribution in [-0.2, 0) is 47.8 Å². The zero-order valence-corrected chi connectivity index (χ0v) is 88.6. The van der Waals surface area contributed by atoms with E-state index < -0.39 is 0 Å². The van der Waals surface area contributed by atoms with Crippen LogP contribution >= 0.6 is 103 Å². The summed E-state index contributed by atoms with van der Waals surface area (Å²) in [5.41, 5.74) is 25.5. The summed E-state index contributed by atoms with van der Waals surface area (Å²) in [5.74, 6) is 2.68. The Morgan fingerprint density at radius 3 is 0.861 bits per heavy atom. The molecular formula is C104H136O6P12. The predicted molar refractivity (Wildman–Crippen MR) is 575 cm³/mol. The number of hydrogen-bond acceptors (Lipinski definition) is 6. The third-order valence-electron chi connectivity index (χ3n) is 20.9. The van der Waals surface area contributed by atoms with Crippen molar-refractivity contribution in [2.24, 2.45) is 0 Å². The van der Waals surface area contributed by atoms with Crippen LogP contribution in [0.5, 0.6) is 34.5 Å². The monoisotopic (exact) mass is 1850 g/mol. The molecule has 0 fully saturated rings. The standard InChI is InChI=1S/2C20H28OP2.C17H22OP2.2C16H20OP2.C15H18OP2/c1-13-10-16(20(3,4)5)18(21)17(11-13)23-19-14(2)8-7-9-15(19)12-22-6;1-13-8-7-9-15(12-22-6)19(13)23-17-11-16(20(3,4)5)10-14(2)18(17)21;1-11-8-13(3)16(18)15(9-11)20-17-12(2)6-5-7-14(17)10-19-4;1-11-6-5-9-14(15(11)17)19-16-12(2)7-4-8-13(16)10-18-3;1-11-7-8-14(17)15(9-11)19-16-12(2)5-4-6-13(16)10-18-3;1-11-6-5-7-12(10-17-2)15(11)18-14-9-4-3-8-13(14)16/h2*7-11,21-23H,12H2,1-6H3;5-9,18-20H,10H2,1-4H3;2*4-9,17-19H,10H2,1-3H3;3-9,16-18H,10H2,1-2H3. The van der Waals surface area contributed by atoms with Gasteiger partial charge in [-0.15, -0.1) is 51.5 Å². The van der Waals surface area contributed by atoms with E-state index in [0.29, 0.717) is 86.0 Å². The average Bonchev–Trinajstić information content (AvgIpc) is 0.815. The molecule has 648 valence electrons. The van der Waals surface area contributed by atoms with Crippen LogP contribution in [0, 0.1) is 83.1 Å². The van der Waals surface area contributed by atoms with Gasteiger partial charge in [0, 0.05) is 37.4 Å². The van der Waals surface area contributed by atoms with Gasteiger partial charge in [-0.3, -0.25) is 0 Å². The van der Waals surface area contributed by atoms with Crippen LogP contribution in [-0.4, -0.2) is 70.6 Å². The number of rotatable bonds is 24. The highest BCUT2D eigenvalue weighted by Crippen LogP contribution is 2.38. The highest BCUT2D eigenvalue weighted by Gasteiger charge is 2.24. The van der Waals surface area contributed by atoms with Crippen LogP contribution in [0.15, 0.2) is 206 Å². The van der Waals surface area contributed by atoms with Gasteiger partial charge >= 0.3 is 0 Å². The van der Waals surface area contributed by atoms with E-state index in [0.717, 1.165) is 143 Å². The molecule has 0 amide bonds. The van der Waals surface area contributed by atoms with Gasteiger partial charge in [-0.1, -0.05) is 268 Å². The minimum atomic E-state index is -0.0469. The first-order valence-corrected chi connectivity index (χ1v) is 58.1. The molecule has 0 aliphatic carbocycles. The van der Waals surface area contributed by atoms with Crippen molar-refractivity contribution in [1.29, 1.82) is 0 Å². The van der Waals surface area contributed by atoms with Crippen molar-refractivity contribution in [1.82, 2.24) is 0 Å². The fourth-order valence-electron chi connectivity index (χ4n) is 14.2. The quantitative estimate of drug-likeness (QED) is 0.0335. The van der Waals surface area contributed by atoms with Crippen molar-refractivity contribution < 1.29 is 30.6 Å². The average molecular weight is 1850 g/mol. The number of para-hydroxylation sites is 2. The topological polar surface area (TPSA) is 121 Å². The molecule has 18 heteroatoms. The van der Waals surface area contributed by atoms with E-state index in [1.54, 1.807) is 12.1 Å². The lowest BCUT2D eigenvalue weighted by molar-refractivity contribution is 0.450. The minimum absolute atomic E-state index is 0.0469. The molecule has 0 aliphatic rings. The van der Waals surface area contributed by atoms with Gasteiger partial charge in [0.05, 0.1) is 0 Å². The maximum absolute atomic E-state index is 10.8. The van der Waals surface area contributed by atoms with Crippen LogP contribution in [0.1, 0.15) is 153 Å². The lowest BCUT2D eigenvalue weighted by Gasteiger charge is -2.23. The summed E-state index contributed by atoms with van der Waals surface area (Å²) in [6.45, 7) is 51.8. The highest BCUT2D eigenvalue weighted by molar-refractivity contribution is 7.58. The van der Waals surface area contributed by atoms with Crippen molar-refractivity contribution >= 4 is 167 Å². The first kappa shape index (κ1) is 104. The van der Waals surface area contributed by atoms with Gasteiger partial charge in [0.15, 0.2) is 0 Å². The number of aromatic hydroxyl groups is 6. The van der Waals surface area contributed by atoms with E-state index in [4.69, 9.17) is 0 Å². The smallest absolute Gasteiger partial charge is 0.127 e. The third-order valence-corrected chi connectivity index (χ3v) is 35.1. The highest BCUT2D eigenvalue weighted by atomic mass is 31.1. The predicted octanol–water partition coefficient (Wildman–Crippen LogP) is 23.3. The number of hydrogen-bond donors (Lipinski definition) is 6. The van der Waals surface area contributed by atoms with E-state index >= 15 is 0 Å². The normalized spacial score (nSPS) is 12.3. The van der Waals surface area contributed by atoms with Crippen LogP contribution in [0.2, 0.25) is 0 Å². The van der Waals surface area contributed by atoms with Gasteiger partial charge < -0.3 is 30.6 Å². The van der Waals surface area contributed by atoms with E-state index in [2.05, 4.69) is 289 Å². The Labute approximate surface area is 756 Å². The summed E-state index contributed by atoms with van der Waals surface area (Å²) < 4.78 is 0. The van der Waals surface area contributed by atoms with Gasteiger partial charge in [0.2, 0.25) is 0 Å². The summed E-state index contributed by atoms with van der Waals surface area (Å²) in [4.78, 5) is 0. The van der Waals surface area contributed by atoms with Crippen LogP contribution < -0.4 is 63.7 Å². The number of phenolic OH excluding ortho intramolecular Hbond substituents is 6. The Hall–Kier alpha value is -5.40. The minimum Gasteiger partial charge on any atom is -0.507 e. The molecule has 12 atom stereocenters. The molecule has 12 unspecified atom stereocenters. The summed E-state index contributed by atoms with van der Waals surface area (Å²) in [6.07, 6.45) is 6.80. The second-order valence-corrected chi connectivity index (χ2v) is 47.6. The molecule has 122 heavy (non-hydrogen) atoms. The molecule has 6 nitrogen and oxygen atoms in total. The van der Waals surface area contributed by atoms with Gasteiger partial charge in [-0.25, -0.2) is 0 Å². The van der Waals surface area contributed by atoms with Crippen LogP contribution in [0.25, 0.3) is 0 Å². The molecule has 0 radical (unpaired) electrons. The maximum atomic E-state index is 10.8. The maximum Gasteiger partial charge on any atom is 0.127 e. The van der Waals surface area contributed by atoms with E-state index in [9.17, 15) is 30.6 Å².